The van der Waals surface area contributed by atoms with Gasteiger partial charge in [-0.1, -0.05) is 0 Å². The third kappa shape index (κ3) is 2.14. The van der Waals surface area contributed by atoms with Gasteiger partial charge < -0.3 is 4.74 Å². The maximum atomic E-state index is 8.73. The molecular weight excluding hydrogens is 176 g/mol. The predicted molar refractivity (Wildman–Crippen MR) is 51.8 cm³/mol. The van der Waals surface area contributed by atoms with Gasteiger partial charge in [-0.2, -0.15) is 10.5 Å². The molecule has 0 bridgehead atoms. The quantitative estimate of drug-likeness (QED) is 0.548. The van der Waals surface area contributed by atoms with Crippen LogP contribution in [0.3, 0.4) is 0 Å². The first-order valence-corrected chi connectivity index (χ1v) is 4.39. The summed E-state index contributed by atoms with van der Waals surface area (Å²) >= 11 is 0. The first-order chi connectivity index (χ1) is 6.48. The normalized spacial score (nSPS) is 18.6. The first kappa shape index (κ1) is 10.3. The Morgan fingerprint density at radius 3 is 2.43 bits per heavy atom. The fourth-order valence-corrected chi connectivity index (χ4v) is 1.59. The molecule has 1 heterocycles. The summed E-state index contributed by atoms with van der Waals surface area (Å²) in [5.41, 5.74) is 0.622. The predicted octanol–water partition coefficient (Wildman–Crippen LogP) is 2.43. The highest BCUT2D eigenvalue weighted by Crippen LogP contribution is 2.31. The third-order valence-corrected chi connectivity index (χ3v) is 1.98. The van der Waals surface area contributed by atoms with Gasteiger partial charge in [0, 0.05) is 6.42 Å². The lowest BCUT2D eigenvalue weighted by Gasteiger charge is -2.31. The number of hydrogen-bond donors (Lipinski definition) is 0. The molecule has 72 valence electrons. The molecule has 0 aromatic rings. The van der Waals surface area contributed by atoms with Gasteiger partial charge in [-0.3, -0.25) is 0 Å². The van der Waals surface area contributed by atoms with E-state index in [9.17, 15) is 0 Å². The molecule has 3 nitrogen and oxygen atoms in total. The van der Waals surface area contributed by atoms with E-state index < -0.39 is 0 Å². The monoisotopic (exact) mass is 188 g/mol. The Labute approximate surface area is 83.9 Å². The number of nitriles is 2. The van der Waals surface area contributed by atoms with E-state index in [1.807, 2.05) is 32.9 Å². The van der Waals surface area contributed by atoms with Crippen LogP contribution in [0.2, 0.25) is 0 Å². The topological polar surface area (TPSA) is 56.8 Å². The Bertz CT molecular complexity index is 372. The lowest BCUT2D eigenvalue weighted by molar-refractivity contribution is 0.0292. The molecule has 0 spiro atoms. The van der Waals surface area contributed by atoms with Crippen molar-refractivity contribution in [2.45, 2.75) is 32.8 Å². The van der Waals surface area contributed by atoms with Gasteiger partial charge in [0.05, 0.1) is 5.76 Å². The highest BCUT2D eigenvalue weighted by atomic mass is 16.5. The molecule has 0 amide bonds. The fourth-order valence-electron chi connectivity index (χ4n) is 1.59. The van der Waals surface area contributed by atoms with Gasteiger partial charge in [-0.15, -0.1) is 0 Å². The van der Waals surface area contributed by atoms with Crippen LogP contribution in [0.1, 0.15) is 27.2 Å². The zero-order chi connectivity index (χ0) is 10.8. The molecule has 0 aliphatic carbocycles. The number of ether oxygens (including phenoxy) is 1. The van der Waals surface area contributed by atoms with Crippen LogP contribution in [-0.4, -0.2) is 5.60 Å². The number of hydrogen-bond acceptors (Lipinski definition) is 3. The summed E-state index contributed by atoms with van der Waals surface area (Å²) in [6, 6.07) is 3.80. The maximum absolute atomic E-state index is 8.73. The Hall–Kier alpha value is -1.74. The van der Waals surface area contributed by atoms with Crippen molar-refractivity contribution in [3.05, 3.63) is 23.0 Å². The largest absolute Gasteiger partial charge is 0.492 e. The summed E-state index contributed by atoms with van der Waals surface area (Å²) < 4.78 is 5.55. The Morgan fingerprint density at radius 2 is 2.00 bits per heavy atom. The lowest BCUT2D eigenvalue weighted by Crippen LogP contribution is -2.27. The van der Waals surface area contributed by atoms with E-state index in [2.05, 4.69) is 0 Å². The van der Waals surface area contributed by atoms with E-state index in [0.717, 1.165) is 11.3 Å². The van der Waals surface area contributed by atoms with E-state index in [4.69, 9.17) is 15.3 Å². The molecule has 0 saturated heterocycles. The summed E-state index contributed by atoms with van der Waals surface area (Å²) in [5, 5.41) is 17.5. The van der Waals surface area contributed by atoms with Gasteiger partial charge >= 0.3 is 0 Å². The van der Waals surface area contributed by atoms with Gasteiger partial charge in [-0.25, -0.2) is 0 Å². The van der Waals surface area contributed by atoms with Crippen LogP contribution in [0.4, 0.5) is 0 Å². The number of allylic oxidation sites excluding steroid dienone is 3. The molecule has 1 rings (SSSR count). The number of rotatable bonds is 0. The van der Waals surface area contributed by atoms with Crippen molar-refractivity contribution in [2.24, 2.45) is 0 Å². The minimum absolute atomic E-state index is 0.181. The van der Waals surface area contributed by atoms with Crippen LogP contribution in [-0.2, 0) is 4.74 Å². The Kier molecular flexibility index (Phi) is 2.63. The maximum Gasteiger partial charge on any atom is 0.133 e. The van der Waals surface area contributed by atoms with Gasteiger partial charge in [0.15, 0.2) is 0 Å². The highest BCUT2D eigenvalue weighted by molar-refractivity contribution is 5.46. The van der Waals surface area contributed by atoms with Gasteiger partial charge in [0.2, 0.25) is 0 Å². The van der Waals surface area contributed by atoms with Crippen LogP contribution in [0, 0.1) is 22.7 Å². The fraction of sp³-hybridized carbons (Fsp3) is 0.455. The average Bonchev–Trinajstić information content (AvgIpc) is 2.02. The van der Waals surface area contributed by atoms with Gasteiger partial charge in [0.25, 0.3) is 0 Å². The smallest absolute Gasteiger partial charge is 0.133 e. The van der Waals surface area contributed by atoms with E-state index in [0.29, 0.717) is 6.42 Å². The molecule has 0 aromatic carbocycles. The second-order valence-electron chi connectivity index (χ2n) is 3.92. The van der Waals surface area contributed by atoms with E-state index in [-0.39, 0.29) is 11.2 Å². The molecule has 0 unspecified atom stereocenters. The molecule has 0 N–H and O–H groups in total. The van der Waals surface area contributed by atoms with Crippen LogP contribution < -0.4 is 0 Å². The molecule has 0 radical (unpaired) electrons. The first-order valence-electron chi connectivity index (χ1n) is 4.39. The van der Waals surface area contributed by atoms with E-state index in [1.165, 1.54) is 0 Å². The van der Waals surface area contributed by atoms with Gasteiger partial charge in [0.1, 0.15) is 23.3 Å². The molecule has 1 aliphatic heterocycles. The average molecular weight is 188 g/mol. The zero-order valence-corrected chi connectivity index (χ0v) is 8.59. The van der Waals surface area contributed by atoms with E-state index in [1.54, 1.807) is 6.08 Å². The van der Waals surface area contributed by atoms with Crippen molar-refractivity contribution < 1.29 is 4.74 Å². The number of nitrogens with zero attached hydrogens (tertiary/aromatic N) is 2. The second kappa shape index (κ2) is 3.55. The minimum Gasteiger partial charge on any atom is -0.492 e. The summed E-state index contributed by atoms with van der Waals surface area (Å²) in [5.74, 6) is 0.749. The molecule has 0 aromatic heterocycles. The SMILES string of the molecule is CC1=CC(=C(C#N)C#N)CC(C)(C)O1. The molecule has 0 atom stereocenters. The van der Waals surface area contributed by atoms with Crippen molar-refractivity contribution in [3.8, 4) is 12.1 Å². The third-order valence-electron chi connectivity index (χ3n) is 1.98. The molecule has 0 fully saturated rings. The van der Waals surface area contributed by atoms with E-state index >= 15 is 0 Å². The molecule has 3 heteroatoms. The lowest BCUT2D eigenvalue weighted by atomic mass is 9.92. The summed E-state index contributed by atoms with van der Waals surface area (Å²) in [7, 11) is 0. The summed E-state index contributed by atoms with van der Waals surface area (Å²) in [6.07, 6.45) is 2.35. The Balaban J connectivity index is 3.17. The van der Waals surface area contributed by atoms with Gasteiger partial charge in [-0.05, 0) is 32.4 Å². The van der Waals surface area contributed by atoms with Crippen LogP contribution in [0.15, 0.2) is 23.0 Å². The molecule has 0 saturated carbocycles. The van der Waals surface area contributed by atoms with Crippen molar-refractivity contribution >= 4 is 0 Å². The van der Waals surface area contributed by atoms with Crippen LogP contribution in [0.25, 0.3) is 0 Å². The molecule has 1 aliphatic rings. The molecule has 14 heavy (non-hydrogen) atoms. The van der Waals surface area contributed by atoms with Crippen LogP contribution in [0.5, 0.6) is 0 Å². The van der Waals surface area contributed by atoms with Crippen molar-refractivity contribution in [1.29, 1.82) is 10.5 Å². The van der Waals surface area contributed by atoms with Crippen molar-refractivity contribution in [1.82, 2.24) is 0 Å². The summed E-state index contributed by atoms with van der Waals surface area (Å²) in [4.78, 5) is 0. The Morgan fingerprint density at radius 1 is 1.43 bits per heavy atom. The van der Waals surface area contributed by atoms with Crippen LogP contribution >= 0.6 is 0 Å². The standard InChI is InChI=1S/C11H12N2O/c1-8-4-9(10(6-12)7-13)5-11(2,3)14-8/h4H,5H2,1-3H3. The van der Waals surface area contributed by atoms with Crippen molar-refractivity contribution in [3.63, 3.8) is 0 Å². The van der Waals surface area contributed by atoms with Crippen molar-refractivity contribution in [2.75, 3.05) is 0 Å². The highest BCUT2D eigenvalue weighted by Gasteiger charge is 2.26. The molecular formula is C11H12N2O. The second-order valence-corrected chi connectivity index (χ2v) is 3.92. The summed E-state index contributed by atoms with van der Waals surface area (Å²) in [6.45, 7) is 5.71. The zero-order valence-electron chi connectivity index (χ0n) is 8.59. The minimum atomic E-state index is -0.326.